The summed E-state index contributed by atoms with van der Waals surface area (Å²) in [5.41, 5.74) is -0.227. The minimum Gasteiger partial charge on any atom is -0.239 e. The molecular formula is C11H11ClFNO. The molecule has 0 amide bonds. The van der Waals surface area contributed by atoms with Gasteiger partial charge in [0.1, 0.15) is 5.67 Å². The molecule has 0 spiro atoms. The largest absolute Gasteiger partial charge is 0.239 e. The van der Waals surface area contributed by atoms with Crippen LogP contribution in [0.3, 0.4) is 0 Å². The molecule has 0 aliphatic carbocycles. The lowest BCUT2D eigenvalue weighted by Crippen LogP contribution is -2.08. The van der Waals surface area contributed by atoms with Gasteiger partial charge in [0, 0.05) is 5.02 Å². The van der Waals surface area contributed by atoms with E-state index in [1.807, 2.05) is 0 Å². The van der Waals surface area contributed by atoms with Crippen LogP contribution < -0.4 is 0 Å². The van der Waals surface area contributed by atoms with Gasteiger partial charge in [0.05, 0.1) is 6.54 Å². The zero-order valence-electron chi connectivity index (χ0n) is 8.55. The van der Waals surface area contributed by atoms with Crippen LogP contribution in [0.5, 0.6) is 0 Å². The van der Waals surface area contributed by atoms with E-state index in [-0.39, 0.29) is 6.54 Å². The highest BCUT2D eigenvalue weighted by Gasteiger charge is 2.19. The van der Waals surface area contributed by atoms with Crippen molar-refractivity contribution in [1.82, 2.24) is 0 Å². The standard InChI is InChI=1S/C11H11ClFNO/c1-11(2,13)9-4-3-8(6-14-7-15)10(12)5-9/h3-5H,6H2,1-2H3. The third-order valence-electron chi connectivity index (χ3n) is 2.05. The lowest BCUT2D eigenvalue weighted by molar-refractivity contribution is 0.221. The van der Waals surface area contributed by atoms with Gasteiger partial charge >= 0.3 is 0 Å². The van der Waals surface area contributed by atoms with Crippen molar-refractivity contribution in [3.63, 3.8) is 0 Å². The van der Waals surface area contributed by atoms with Gasteiger partial charge in [-0.05, 0) is 31.0 Å². The van der Waals surface area contributed by atoms with Crippen LogP contribution in [0.25, 0.3) is 0 Å². The number of alkyl halides is 1. The molecule has 0 aliphatic heterocycles. The SMILES string of the molecule is CC(C)(F)c1ccc(CN=C=O)c(Cl)c1. The van der Waals surface area contributed by atoms with E-state index in [2.05, 4.69) is 4.99 Å². The Bertz CT molecular complexity index is 406. The Morgan fingerprint density at radius 3 is 2.67 bits per heavy atom. The first-order valence-corrected chi connectivity index (χ1v) is 4.84. The number of rotatable bonds is 3. The van der Waals surface area contributed by atoms with Crippen molar-refractivity contribution in [2.75, 3.05) is 0 Å². The Morgan fingerprint density at radius 2 is 2.20 bits per heavy atom. The van der Waals surface area contributed by atoms with E-state index in [1.54, 1.807) is 18.2 Å². The van der Waals surface area contributed by atoms with Gasteiger partial charge in [-0.3, -0.25) is 0 Å². The van der Waals surface area contributed by atoms with Crippen LogP contribution in [0.2, 0.25) is 5.02 Å². The molecule has 4 heteroatoms. The van der Waals surface area contributed by atoms with Gasteiger partial charge in [-0.25, -0.2) is 14.2 Å². The van der Waals surface area contributed by atoms with Gasteiger partial charge < -0.3 is 0 Å². The second-order valence-corrected chi connectivity index (χ2v) is 4.09. The summed E-state index contributed by atoms with van der Waals surface area (Å²) in [6.45, 7) is 3.10. The van der Waals surface area contributed by atoms with Crippen LogP contribution in [0.15, 0.2) is 23.2 Å². The van der Waals surface area contributed by atoms with E-state index in [1.165, 1.54) is 19.9 Å². The molecule has 0 saturated carbocycles. The molecular weight excluding hydrogens is 217 g/mol. The lowest BCUT2D eigenvalue weighted by atomic mass is 9.99. The monoisotopic (exact) mass is 227 g/mol. The number of carbonyl (C=O) groups excluding carboxylic acids is 1. The molecule has 0 atom stereocenters. The van der Waals surface area contributed by atoms with E-state index in [0.717, 1.165) is 0 Å². The van der Waals surface area contributed by atoms with Crippen LogP contribution in [-0.4, -0.2) is 6.08 Å². The highest BCUT2D eigenvalue weighted by atomic mass is 35.5. The molecule has 0 N–H and O–H groups in total. The number of hydrogen-bond donors (Lipinski definition) is 0. The van der Waals surface area contributed by atoms with Crippen LogP contribution in [0, 0.1) is 0 Å². The molecule has 1 aromatic carbocycles. The van der Waals surface area contributed by atoms with E-state index < -0.39 is 5.67 Å². The molecule has 0 aromatic heterocycles. The van der Waals surface area contributed by atoms with Crippen molar-refractivity contribution in [3.8, 4) is 0 Å². The number of aliphatic imine (C=N–C) groups is 1. The number of nitrogens with zero attached hydrogens (tertiary/aromatic N) is 1. The van der Waals surface area contributed by atoms with Crippen molar-refractivity contribution < 1.29 is 9.18 Å². The highest BCUT2D eigenvalue weighted by molar-refractivity contribution is 6.31. The number of halogens is 2. The second kappa shape index (κ2) is 4.56. The van der Waals surface area contributed by atoms with Crippen molar-refractivity contribution >= 4 is 17.7 Å². The zero-order chi connectivity index (χ0) is 11.5. The molecule has 15 heavy (non-hydrogen) atoms. The summed E-state index contributed by atoms with van der Waals surface area (Å²) in [5, 5.41) is 0.414. The molecule has 1 rings (SSSR count). The maximum atomic E-state index is 13.5. The summed E-state index contributed by atoms with van der Waals surface area (Å²) in [6, 6.07) is 4.86. The van der Waals surface area contributed by atoms with E-state index in [9.17, 15) is 9.18 Å². The quantitative estimate of drug-likeness (QED) is 0.575. The predicted octanol–water partition coefficient (Wildman–Crippen LogP) is 3.38. The second-order valence-electron chi connectivity index (χ2n) is 3.69. The number of isocyanates is 1. The molecule has 2 nitrogen and oxygen atoms in total. The summed E-state index contributed by atoms with van der Waals surface area (Å²) < 4.78 is 13.5. The third kappa shape index (κ3) is 3.15. The summed E-state index contributed by atoms with van der Waals surface area (Å²) in [5.74, 6) is 0. The Kier molecular flexibility index (Phi) is 3.61. The average molecular weight is 228 g/mol. The first-order valence-electron chi connectivity index (χ1n) is 4.46. The molecule has 1 aromatic rings. The maximum absolute atomic E-state index is 13.5. The fourth-order valence-corrected chi connectivity index (χ4v) is 1.40. The Balaban J connectivity index is 3.03. The first-order chi connectivity index (χ1) is 6.95. The predicted molar refractivity (Wildman–Crippen MR) is 57.4 cm³/mol. The Labute approximate surface area is 92.8 Å². The van der Waals surface area contributed by atoms with Gasteiger partial charge in [-0.1, -0.05) is 23.7 Å². The molecule has 0 radical (unpaired) electrons. The average Bonchev–Trinajstić information content (AvgIpc) is 2.14. The highest BCUT2D eigenvalue weighted by Crippen LogP contribution is 2.28. The molecule has 0 heterocycles. The molecule has 0 unspecified atom stereocenters. The summed E-state index contributed by atoms with van der Waals surface area (Å²) in [7, 11) is 0. The molecule has 0 saturated heterocycles. The normalized spacial score (nSPS) is 10.9. The molecule has 0 bridgehead atoms. The fourth-order valence-electron chi connectivity index (χ4n) is 1.16. The molecule has 80 valence electrons. The van der Waals surface area contributed by atoms with E-state index in [4.69, 9.17) is 11.6 Å². The van der Waals surface area contributed by atoms with Crippen molar-refractivity contribution in [2.45, 2.75) is 26.1 Å². The third-order valence-corrected chi connectivity index (χ3v) is 2.41. The van der Waals surface area contributed by atoms with Gasteiger partial charge in [0.2, 0.25) is 6.08 Å². The zero-order valence-corrected chi connectivity index (χ0v) is 9.31. The van der Waals surface area contributed by atoms with Crippen molar-refractivity contribution in [3.05, 3.63) is 34.3 Å². The first kappa shape index (κ1) is 11.9. The van der Waals surface area contributed by atoms with Crippen LogP contribution in [-0.2, 0) is 17.0 Å². The van der Waals surface area contributed by atoms with Crippen LogP contribution in [0.4, 0.5) is 4.39 Å². The van der Waals surface area contributed by atoms with Crippen molar-refractivity contribution in [1.29, 1.82) is 0 Å². The molecule has 0 aliphatic rings. The fraction of sp³-hybridized carbons (Fsp3) is 0.364. The topological polar surface area (TPSA) is 29.4 Å². The van der Waals surface area contributed by atoms with Gasteiger partial charge in [-0.15, -0.1) is 0 Å². The van der Waals surface area contributed by atoms with Gasteiger partial charge in [0.15, 0.2) is 0 Å². The van der Waals surface area contributed by atoms with Crippen LogP contribution >= 0.6 is 11.6 Å². The summed E-state index contributed by atoms with van der Waals surface area (Å²) in [4.78, 5) is 13.3. The van der Waals surface area contributed by atoms with Gasteiger partial charge in [-0.2, -0.15) is 0 Å². The Morgan fingerprint density at radius 1 is 1.53 bits per heavy atom. The van der Waals surface area contributed by atoms with Gasteiger partial charge in [0.25, 0.3) is 0 Å². The summed E-state index contributed by atoms with van der Waals surface area (Å²) >= 11 is 5.91. The van der Waals surface area contributed by atoms with Crippen molar-refractivity contribution in [2.24, 2.45) is 4.99 Å². The number of hydrogen-bond acceptors (Lipinski definition) is 2. The van der Waals surface area contributed by atoms with Crippen LogP contribution in [0.1, 0.15) is 25.0 Å². The molecule has 0 fully saturated rings. The lowest BCUT2D eigenvalue weighted by Gasteiger charge is -2.15. The summed E-state index contributed by atoms with van der Waals surface area (Å²) in [6.07, 6.45) is 1.43. The van der Waals surface area contributed by atoms with E-state index >= 15 is 0 Å². The van der Waals surface area contributed by atoms with E-state index in [0.29, 0.717) is 16.1 Å². The number of benzene rings is 1. The minimum atomic E-state index is -1.42. The minimum absolute atomic E-state index is 0.176. The maximum Gasteiger partial charge on any atom is 0.235 e. The smallest absolute Gasteiger partial charge is 0.235 e. The Hall–Kier alpha value is -1.18.